The molecule has 0 aromatic heterocycles. The second-order valence-corrected chi connectivity index (χ2v) is 11.9. The summed E-state index contributed by atoms with van der Waals surface area (Å²) < 4.78 is 5.94. The summed E-state index contributed by atoms with van der Waals surface area (Å²) in [6.07, 6.45) is 0.542. The molecular formula is C32H27Cl3N2O3S. The summed E-state index contributed by atoms with van der Waals surface area (Å²) in [7, 11) is 0. The van der Waals surface area contributed by atoms with Crippen LogP contribution < -0.4 is 10.1 Å². The van der Waals surface area contributed by atoms with Gasteiger partial charge in [-0.3, -0.25) is 9.59 Å². The predicted octanol–water partition coefficient (Wildman–Crippen LogP) is 7.84. The molecule has 0 saturated carbocycles. The van der Waals surface area contributed by atoms with E-state index in [2.05, 4.69) is 5.32 Å². The van der Waals surface area contributed by atoms with E-state index in [-0.39, 0.29) is 17.2 Å². The Bertz CT molecular complexity index is 1500. The molecule has 1 fully saturated rings. The lowest BCUT2D eigenvalue weighted by atomic mass is 10.1. The van der Waals surface area contributed by atoms with Gasteiger partial charge in [-0.05, 0) is 71.6 Å². The zero-order chi connectivity index (χ0) is 28.8. The average Bonchev–Trinajstić information content (AvgIpc) is 3.43. The summed E-state index contributed by atoms with van der Waals surface area (Å²) in [5, 5.41) is 4.30. The number of benzene rings is 4. The van der Waals surface area contributed by atoms with Crippen LogP contribution in [-0.4, -0.2) is 35.1 Å². The monoisotopic (exact) mass is 624 g/mol. The molecule has 2 atom stereocenters. The molecule has 1 N–H and O–H groups in total. The summed E-state index contributed by atoms with van der Waals surface area (Å²) in [5.41, 5.74) is 3.34. The summed E-state index contributed by atoms with van der Waals surface area (Å²) >= 11 is 19.9. The molecule has 41 heavy (non-hydrogen) atoms. The topological polar surface area (TPSA) is 58.6 Å². The van der Waals surface area contributed by atoms with Crippen LogP contribution in [0.15, 0.2) is 97.1 Å². The van der Waals surface area contributed by atoms with Crippen LogP contribution in [0.1, 0.15) is 32.4 Å². The lowest BCUT2D eigenvalue weighted by molar-refractivity contribution is -0.124. The maximum absolute atomic E-state index is 13.8. The number of thioether (sulfide) groups is 1. The first-order valence-corrected chi connectivity index (χ1v) is 15.3. The van der Waals surface area contributed by atoms with Crippen molar-refractivity contribution < 1.29 is 14.3 Å². The first kappa shape index (κ1) is 29.3. The van der Waals surface area contributed by atoms with Crippen LogP contribution in [0, 0.1) is 0 Å². The van der Waals surface area contributed by atoms with Crippen molar-refractivity contribution in [1.29, 1.82) is 0 Å². The van der Waals surface area contributed by atoms with Gasteiger partial charge < -0.3 is 15.0 Å². The number of ether oxygens (including phenoxy) is 1. The molecule has 210 valence electrons. The molecule has 5 nitrogen and oxygen atoms in total. The van der Waals surface area contributed by atoms with Crippen LogP contribution in [0.3, 0.4) is 0 Å². The van der Waals surface area contributed by atoms with Crippen molar-refractivity contribution in [3.63, 3.8) is 0 Å². The number of halogens is 3. The molecule has 1 aliphatic rings. The number of hydrogen-bond acceptors (Lipinski definition) is 4. The quantitative estimate of drug-likeness (QED) is 0.206. The number of hydrogen-bond donors (Lipinski definition) is 1. The zero-order valence-corrected chi connectivity index (χ0v) is 25.0. The van der Waals surface area contributed by atoms with Gasteiger partial charge in [-0.1, -0.05) is 83.3 Å². The summed E-state index contributed by atoms with van der Waals surface area (Å²) in [4.78, 5) is 28.9. The zero-order valence-electron chi connectivity index (χ0n) is 21.9. The SMILES string of the molecule is O=C(NCCc1ccc(Cl)cc1Cl)C1CSC(c2ccc(OCc3ccccc3)cc2)N1C(=O)c1ccc(Cl)cc1. The van der Waals surface area contributed by atoms with Crippen molar-refractivity contribution in [1.82, 2.24) is 10.2 Å². The van der Waals surface area contributed by atoms with E-state index in [0.717, 1.165) is 22.4 Å². The van der Waals surface area contributed by atoms with Gasteiger partial charge in [-0.2, -0.15) is 0 Å². The van der Waals surface area contributed by atoms with Crippen molar-refractivity contribution in [2.75, 3.05) is 12.3 Å². The Kier molecular flexibility index (Phi) is 9.78. The van der Waals surface area contributed by atoms with Gasteiger partial charge >= 0.3 is 0 Å². The van der Waals surface area contributed by atoms with E-state index >= 15 is 0 Å². The van der Waals surface area contributed by atoms with E-state index in [4.69, 9.17) is 39.5 Å². The minimum atomic E-state index is -0.650. The molecule has 4 aromatic carbocycles. The first-order chi connectivity index (χ1) is 19.9. The van der Waals surface area contributed by atoms with Gasteiger partial charge in [0.15, 0.2) is 0 Å². The highest BCUT2D eigenvalue weighted by molar-refractivity contribution is 7.99. The highest BCUT2D eigenvalue weighted by Gasteiger charge is 2.42. The van der Waals surface area contributed by atoms with Crippen LogP contribution in [0.5, 0.6) is 5.75 Å². The Morgan fingerprint density at radius 1 is 0.878 bits per heavy atom. The Balaban J connectivity index is 1.31. The first-order valence-electron chi connectivity index (χ1n) is 13.1. The number of nitrogens with one attached hydrogen (secondary N) is 1. The van der Waals surface area contributed by atoms with Crippen LogP contribution in [0.25, 0.3) is 0 Å². The van der Waals surface area contributed by atoms with Crippen molar-refractivity contribution in [2.24, 2.45) is 0 Å². The molecule has 4 aromatic rings. The molecule has 1 aliphatic heterocycles. The second kappa shape index (κ2) is 13.7. The lowest BCUT2D eigenvalue weighted by Crippen LogP contribution is -2.48. The van der Waals surface area contributed by atoms with Crippen molar-refractivity contribution in [2.45, 2.75) is 24.4 Å². The van der Waals surface area contributed by atoms with Crippen LogP contribution in [0.4, 0.5) is 0 Å². The molecule has 1 saturated heterocycles. The molecule has 0 radical (unpaired) electrons. The Morgan fingerprint density at radius 2 is 1.59 bits per heavy atom. The number of carbonyl (C=O) groups is 2. The molecule has 0 bridgehead atoms. The normalized spacial score (nSPS) is 16.4. The van der Waals surface area contributed by atoms with Gasteiger partial charge in [-0.25, -0.2) is 0 Å². The van der Waals surface area contributed by atoms with Crippen molar-refractivity contribution >= 4 is 58.4 Å². The molecule has 0 spiro atoms. The molecule has 9 heteroatoms. The maximum atomic E-state index is 13.8. The summed E-state index contributed by atoms with van der Waals surface area (Å²) in [5.74, 6) is 0.743. The highest BCUT2D eigenvalue weighted by Crippen LogP contribution is 2.42. The molecule has 5 rings (SSSR count). The van der Waals surface area contributed by atoms with Crippen LogP contribution in [-0.2, 0) is 17.8 Å². The molecule has 2 unspecified atom stereocenters. The van der Waals surface area contributed by atoms with Gasteiger partial charge in [-0.15, -0.1) is 11.8 Å². The summed E-state index contributed by atoms with van der Waals surface area (Å²) in [6.45, 7) is 0.839. The fraction of sp³-hybridized carbons (Fsp3) is 0.188. The van der Waals surface area contributed by atoms with Gasteiger partial charge in [0.2, 0.25) is 5.91 Å². The summed E-state index contributed by atoms with van der Waals surface area (Å²) in [6, 6.07) is 29.0. The Labute approximate surface area is 258 Å². The smallest absolute Gasteiger partial charge is 0.255 e. The van der Waals surface area contributed by atoms with Crippen molar-refractivity contribution in [3.05, 3.63) is 134 Å². The third-order valence-corrected chi connectivity index (χ3v) is 8.91. The molecule has 1 heterocycles. The Hall–Kier alpha value is -3.16. The van der Waals surface area contributed by atoms with E-state index in [0.29, 0.717) is 46.0 Å². The van der Waals surface area contributed by atoms with E-state index in [1.165, 1.54) is 0 Å². The molecule has 2 amide bonds. The van der Waals surface area contributed by atoms with Gasteiger partial charge in [0, 0.05) is 32.9 Å². The predicted molar refractivity (Wildman–Crippen MR) is 167 cm³/mol. The van der Waals surface area contributed by atoms with Gasteiger partial charge in [0.25, 0.3) is 5.91 Å². The van der Waals surface area contributed by atoms with Crippen LogP contribution >= 0.6 is 46.6 Å². The van der Waals surface area contributed by atoms with Crippen molar-refractivity contribution in [3.8, 4) is 5.75 Å². The van der Waals surface area contributed by atoms with E-state index in [9.17, 15) is 9.59 Å². The molecular weight excluding hydrogens is 599 g/mol. The molecule has 0 aliphatic carbocycles. The van der Waals surface area contributed by atoms with Gasteiger partial charge in [0.1, 0.15) is 23.8 Å². The van der Waals surface area contributed by atoms with Crippen LogP contribution in [0.2, 0.25) is 15.1 Å². The third-order valence-electron chi connectivity index (χ3n) is 6.75. The Morgan fingerprint density at radius 3 is 2.29 bits per heavy atom. The van der Waals surface area contributed by atoms with E-state index in [1.807, 2.05) is 60.7 Å². The maximum Gasteiger partial charge on any atom is 0.255 e. The largest absolute Gasteiger partial charge is 0.489 e. The number of rotatable bonds is 9. The number of amides is 2. The minimum Gasteiger partial charge on any atom is -0.489 e. The minimum absolute atomic E-state index is 0.213. The second-order valence-electron chi connectivity index (χ2n) is 9.54. The van der Waals surface area contributed by atoms with Gasteiger partial charge in [0.05, 0.1) is 0 Å². The third kappa shape index (κ3) is 7.38. The fourth-order valence-electron chi connectivity index (χ4n) is 4.59. The lowest BCUT2D eigenvalue weighted by Gasteiger charge is -2.29. The fourth-order valence-corrected chi connectivity index (χ4v) is 6.65. The average molecular weight is 626 g/mol. The van der Waals surface area contributed by atoms with E-state index < -0.39 is 6.04 Å². The number of carbonyl (C=O) groups excluding carboxylic acids is 2. The standard InChI is InChI=1S/C32H27Cl3N2O3S/c33-25-11-7-23(8-12-25)31(39)37-29(30(38)36-17-16-22-6-13-26(34)18-28(22)35)20-41-32(37)24-9-14-27(15-10-24)40-19-21-4-2-1-3-5-21/h1-15,18,29,32H,16-17,19-20H2,(H,36,38). The number of nitrogens with zero attached hydrogens (tertiary/aromatic N) is 1. The van der Waals surface area contributed by atoms with E-state index in [1.54, 1.807) is 53.1 Å². The highest BCUT2D eigenvalue weighted by atomic mass is 35.5.